The highest BCUT2D eigenvalue weighted by atomic mass is 35.5. The van der Waals surface area contributed by atoms with E-state index in [-0.39, 0.29) is 23.0 Å². The van der Waals surface area contributed by atoms with E-state index < -0.39 is 0 Å². The Morgan fingerprint density at radius 3 is 2.79 bits per heavy atom. The van der Waals surface area contributed by atoms with Crippen LogP contribution in [0.5, 0.6) is 0 Å². The molecule has 0 fully saturated rings. The van der Waals surface area contributed by atoms with Gasteiger partial charge in [0.1, 0.15) is 5.02 Å². The molecule has 0 aliphatic heterocycles. The Bertz CT molecular complexity index is 487. The minimum absolute atomic E-state index is 0.0618. The molecule has 0 aliphatic carbocycles. The Labute approximate surface area is 117 Å². The molecule has 0 saturated carbocycles. The van der Waals surface area contributed by atoms with Gasteiger partial charge >= 0.3 is 0 Å². The number of aryl methyl sites for hydroxylation is 1. The lowest BCUT2D eigenvalue weighted by atomic mass is 10.4. The van der Waals surface area contributed by atoms with Gasteiger partial charge in [0, 0.05) is 13.1 Å². The molecule has 1 amide bonds. The zero-order valence-corrected chi connectivity index (χ0v) is 12.0. The number of hydrogen-bond donors (Lipinski definition) is 2. The van der Waals surface area contributed by atoms with Gasteiger partial charge in [-0.3, -0.25) is 9.59 Å². The highest BCUT2D eigenvalue weighted by Gasteiger charge is 2.09. The normalized spacial score (nSPS) is 10.3. The molecule has 0 bridgehead atoms. The molecule has 0 spiro atoms. The summed E-state index contributed by atoms with van der Waals surface area (Å²) in [7, 11) is 0. The van der Waals surface area contributed by atoms with E-state index in [2.05, 4.69) is 15.7 Å². The van der Waals surface area contributed by atoms with E-state index in [1.54, 1.807) is 0 Å². The third kappa shape index (κ3) is 4.55. The molecule has 0 unspecified atom stereocenters. The zero-order valence-electron chi connectivity index (χ0n) is 11.2. The fourth-order valence-corrected chi connectivity index (χ4v) is 1.67. The lowest BCUT2D eigenvalue weighted by Crippen LogP contribution is -2.31. The average Bonchev–Trinajstić information content (AvgIpc) is 2.41. The van der Waals surface area contributed by atoms with Gasteiger partial charge in [0.25, 0.3) is 5.56 Å². The minimum atomic E-state index is -0.345. The van der Waals surface area contributed by atoms with Crippen molar-refractivity contribution < 1.29 is 4.79 Å². The van der Waals surface area contributed by atoms with E-state index in [0.29, 0.717) is 18.8 Å². The molecule has 2 N–H and O–H groups in total. The molecule has 1 aromatic heterocycles. The van der Waals surface area contributed by atoms with Crippen molar-refractivity contribution in [2.24, 2.45) is 0 Å². The smallest absolute Gasteiger partial charge is 0.287 e. The van der Waals surface area contributed by atoms with Crippen molar-refractivity contribution in [3.05, 3.63) is 21.6 Å². The van der Waals surface area contributed by atoms with Crippen molar-refractivity contribution in [3.8, 4) is 0 Å². The van der Waals surface area contributed by atoms with E-state index in [0.717, 1.165) is 12.8 Å². The number of halogens is 1. The highest BCUT2D eigenvalue weighted by Crippen LogP contribution is 2.14. The number of anilines is 1. The molecule has 1 aromatic rings. The molecule has 19 heavy (non-hydrogen) atoms. The number of hydrogen-bond acceptors (Lipinski definition) is 4. The number of nitrogens with zero attached hydrogens (tertiary/aromatic N) is 2. The highest BCUT2D eigenvalue weighted by molar-refractivity contribution is 6.33. The van der Waals surface area contributed by atoms with Crippen LogP contribution >= 0.6 is 11.6 Å². The van der Waals surface area contributed by atoms with E-state index in [4.69, 9.17) is 11.6 Å². The predicted octanol–water partition coefficient (Wildman–Crippen LogP) is 1.24. The Kier molecular flexibility index (Phi) is 6.35. The van der Waals surface area contributed by atoms with Crippen LogP contribution in [0.1, 0.15) is 26.7 Å². The first-order valence-electron chi connectivity index (χ1n) is 6.36. The third-order valence-electron chi connectivity index (χ3n) is 2.43. The maximum absolute atomic E-state index is 11.8. The van der Waals surface area contributed by atoms with Crippen molar-refractivity contribution >= 4 is 23.2 Å². The fraction of sp³-hybridized carbons (Fsp3) is 0.583. The summed E-state index contributed by atoms with van der Waals surface area (Å²) >= 11 is 5.95. The minimum Gasteiger partial charge on any atom is -0.373 e. The number of amides is 1. The molecular weight excluding hydrogens is 268 g/mol. The number of nitrogens with one attached hydrogen (secondary N) is 2. The monoisotopic (exact) mass is 286 g/mol. The van der Waals surface area contributed by atoms with Crippen molar-refractivity contribution in [2.75, 3.05) is 18.4 Å². The van der Waals surface area contributed by atoms with Crippen LogP contribution in [0, 0.1) is 0 Å². The Hall–Kier alpha value is -1.56. The molecule has 6 nitrogen and oxygen atoms in total. The summed E-state index contributed by atoms with van der Waals surface area (Å²) < 4.78 is 1.31. The first-order chi connectivity index (χ1) is 9.10. The number of carbonyl (C=O) groups is 1. The van der Waals surface area contributed by atoms with Crippen LogP contribution in [0.3, 0.4) is 0 Å². The van der Waals surface area contributed by atoms with Gasteiger partial charge in [-0.25, -0.2) is 4.68 Å². The van der Waals surface area contributed by atoms with Crippen LogP contribution in [-0.4, -0.2) is 28.8 Å². The molecule has 0 radical (unpaired) electrons. The zero-order chi connectivity index (χ0) is 14.3. The number of aromatic nitrogens is 2. The molecule has 1 heterocycles. The average molecular weight is 287 g/mol. The summed E-state index contributed by atoms with van der Waals surface area (Å²) in [5.74, 6) is -0.143. The molecule has 1 rings (SSSR count). The molecular formula is C12H19ClN4O2. The molecule has 0 saturated heterocycles. The summed E-state index contributed by atoms with van der Waals surface area (Å²) in [5.41, 5.74) is 0.0353. The first-order valence-corrected chi connectivity index (χ1v) is 6.74. The van der Waals surface area contributed by atoms with Crippen LogP contribution in [0.25, 0.3) is 0 Å². The lowest BCUT2D eigenvalue weighted by molar-refractivity contribution is -0.119. The largest absolute Gasteiger partial charge is 0.373 e. The Balaban J connectivity index is 2.67. The third-order valence-corrected chi connectivity index (χ3v) is 2.80. The van der Waals surface area contributed by atoms with E-state index in [1.807, 2.05) is 13.8 Å². The van der Waals surface area contributed by atoms with Crippen molar-refractivity contribution in [1.29, 1.82) is 0 Å². The summed E-state index contributed by atoms with van der Waals surface area (Å²) in [4.78, 5) is 23.2. The maximum Gasteiger partial charge on any atom is 0.287 e. The number of rotatable bonds is 7. The van der Waals surface area contributed by atoms with Crippen LogP contribution in [0.4, 0.5) is 5.69 Å². The van der Waals surface area contributed by atoms with E-state index in [9.17, 15) is 9.59 Å². The lowest BCUT2D eigenvalue weighted by Gasteiger charge is -2.09. The van der Waals surface area contributed by atoms with Crippen LogP contribution in [0.2, 0.25) is 5.02 Å². The van der Waals surface area contributed by atoms with Crippen LogP contribution in [0.15, 0.2) is 11.0 Å². The fourth-order valence-electron chi connectivity index (χ4n) is 1.46. The van der Waals surface area contributed by atoms with Gasteiger partial charge in [-0.15, -0.1) is 0 Å². The summed E-state index contributed by atoms with van der Waals surface area (Å²) in [6.07, 6.45) is 3.14. The maximum atomic E-state index is 11.8. The molecule has 7 heteroatoms. The molecule has 0 aromatic carbocycles. The predicted molar refractivity (Wildman–Crippen MR) is 75.6 cm³/mol. The Morgan fingerprint density at radius 1 is 1.42 bits per heavy atom. The second-order valence-electron chi connectivity index (χ2n) is 4.10. The van der Waals surface area contributed by atoms with Gasteiger partial charge in [-0.2, -0.15) is 5.10 Å². The van der Waals surface area contributed by atoms with Gasteiger partial charge < -0.3 is 10.6 Å². The molecule has 0 aliphatic rings. The van der Waals surface area contributed by atoms with E-state index >= 15 is 0 Å². The number of carbonyl (C=O) groups excluding carboxylic acids is 1. The SMILES string of the molecule is CCCNC(=O)CNc1cnn(CCC)c(=O)c1Cl. The Morgan fingerprint density at radius 2 is 2.16 bits per heavy atom. The van der Waals surface area contributed by atoms with Gasteiger partial charge in [-0.1, -0.05) is 25.4 Å². The second-order valence-corrected chi connectivity index (χ2v) is 4.48. The van der Waals surface area contributed by atoms with Gasteiger partial charge in [-0.05, 0) is 12.8 Å². The second kappa shape index (κ2) is 7.78. The van der Waals surface area contributed by atoms with Crippen LogP contribution in [-0.2, 0) is 11.3 Å². The van der Waals surface area contributed by atoms with Crippen molar-refractivity contribution in [2.45, 2.75) is 33.2 Å². The van der Waals surface area contributed by atoms with Gasteiger partial charge in [0.2, 0.25) is 5.91 Å². The van der Waals surface area contributed by atoms with Crippen molar-refractivity contribution in [3.63, 3.8) is 0 Å². The summed E-state index contributed by atoms with van der Waals surface area (Å²) in [6, 6.07) is 0. The summed E-state index contributed by atoms with van der Waals surface area (Å²) in [6.45, 7) is 5.15. The quantitative estimate of drug-likeness (QED) is 0.791. The van der Waals surface area contributed by atoms with E-state index in [1.165, 1.54) is 10.9 Å². The molecule has 106 valence electrons. The van der Waals surface area contributed by atoms with Gasteiger partial charge in [0.15, 0.2) is 0 Å². The van der Waals surface area contributed by atoms with Gasteiger partial charge in [0.05, 0.1) is 18.4 Å². The first kappa shape index (κ1) is 15.5. The summed E-state index contributed by atoms with van der Waals surface area (Å²) in [5, 5.41) is 9.59. The standard InChI is InChI=1S/C12H19ClN4O2/c1-3-5-14-10(18)8-15-9-7-16-17(6-4-2)12(19)11(9)13/h7,15H,3-6,8H2,1-2H3,(H,14,18). The van der Waals surface area contributed by atoms with Crippen molar-refractivity contribution in [1.82, 2.24) is 15.1 Å². The molecule has 0 atom stereocenters. The topological polar surface area (TPSA) is 76.0 Å². The van der Waals surface area contributed by atoms with Crippen LogP contribution < -0.4 is 16.2 Å².